The fourth-order valence-electron chi connectivity index (χ4n) is 3.12. The Morgan fingerprint density at radius 1 is 1.29 bits per heavy atom. The smallest absolute Gasteiger partial charge is 0.274 e. The van der Waals surface area contributed by atoms with Crippen molar-refractivity contribution < 1.29 is 13.9 Å². The van der Waals surface area contributed by atoms with E-state index in [1.807, 2.05) is 44.2 Å². The predicted molar refractivity (Wildman–Crippen MR) is 106 cm³/mol. The quantitative estimate of drug-likeness (QED) is 0.597. The number of benzene rings is 1. The van der Waals surface area contributed by atoms with Crippen molar-refractivity contribution in [2.75, 3.05) is 20.3 Å². The van der Waals surface area contributed by atoms with Gasteiger partial charge in [0.05, 0.1) is 19.2 Å². The summed E-state index contributed by atoms with van der Waals surface area (Å²) in [5.74, 6) is 0.483. The van der Waals surface area contributed by atoms with Crippen molar-refractivity contribution in [2.45, 2.75) is 32.9 Å². The molecule has 3 aromatic rings. The topological polar surface area (TPSA) is 77.6 Å². The summed E-state index contributed by atoms with van der Waals surface area (Å²) in [5.41, 5.74) is 0.757. The third kappa shape index (κ3) is 4.14. The Labute approximate surface area is 163 Å². The van der Waals surface area contributed by atoms with Gasteiger partial charge in [-0.15, -0.1) is 0 Å². The lowest BCUT2D eigenvalue weighted by molar-refractivity contribution is 0.0662. The average Bonchev–Trinajstić information content (AvgIpc) is 3.15. The van der Waals surface area contributed by atoms with Gasteiger partial charge in [0.2, 0.25) is 0 Å². The molecule has 0 saturated carbocycles. The van der Waals surface area contributed by atoms with Gasteiger partial charge in [-0.1, -0.05) is 25.1 Å². The van der Waals surface area contributed by atoms with Crippen LogP contribution in [0.1, 0.15) is 42.6 Å². The van der Waals surface area contributed by atoms with E-state index in [-0.39, 0.29) is 23.2 Å². The highest BCUT2D eigenvalue weighted by molar-refractivity contribution is 5.92. The Morgan fingerprint density at radius 2 is 2.07 bits per heavy atom. The highest BCUT2D eigenvalue weighted by Crippen LogP contribution is 2.28. The van der Waals surface area contributed by atoms with Gasteiger partial charge in [0.25, 0.3) is 11.5 Å². The normalized spacial score (nSPS) is 12.2. The van der Waals surface area contributed by atoms with Crippen LogP contribution in [0, 0.1) is 0 Å². The van der Waals surface area contributed by atoms with Gasteiger partial charge in [-0.2, -0.15) is 5.10 Å². The number of ether oxygens (including phenoxy) is 1. The van der Waals surface area contributed by atoms with E-state index < -0.39 is 0 Å². The van der Waals surface area contributed by atoms with E-state index in [1.54, 1.807) is 12.0 Å². The molecule has 7 heteroatoms. The lowest BCUT2D eigenvalue weighted by atomic mass is 10.1. The number of nitrogens with zero attached hydrogens (tertiary/aromatic N) is 3. The second kappa shape index (κ2) is 8.84. The molecule has 28 heavy (non-hydrogen) atoms. The Hall–Kier alpha value is -2.93. The largest absolute Gasteiger partial charge is 0.459 e. The first-order valence-electron chi connectivity index (χ1n) is 9.41. The van der Waals surface area contributed by atoms with E-state index in [9.17, 15) is 9.59 Å². The maximum atomic E-state index is 13.2. The van der Waals surface area contributed by atoms with Crippen molar-refractivity contribution >= 4 is 16.9 Å². The standard InChI is InChI=1S/C21H25N3O4/c1-4-11-23(15(2)19-14-16-7-5-6-8-18(16)28-19)21(26)17-9-10-20(25)24(22-17)12-13-27-3/h5-10,14-15H,4,11-13H2,1-3H3. The molecule has 148 valence electrons. The van der Waals surface area contributed by atoms with Gasteiger partial charge in [0, 0.05) is 25.1 Å². The van der Waals surface area contributed by atoms with Crippen molar-refractivity contribution in [3.05, 3.63) is 64.3 Å². The fourth-order valence-corrected chi connectivity index (χ4v) is 3.12. The molecule has 0 spiro atoms. The molecule has 0 fully saturated rings. The second-order valence-electron chi connectivity index (χ2n) is 6.63. The average molecular weight is 383 g/mol. The summed E-state index contributed by atoms with van der Waals surface area (Å²) < 4.78 is 12.2. The lowest BCUT2D eigenvalue weighted by Gasteiger charge is -2.27. The number of amides is 1. The molecule has 1 atom stereocenters. The van der Waals surface area contributed by atoms with Gasteiger partial charge in [0.1, 0.15) is 17.0 Å². The highest BCUT2D eigenvalue weighted by Gasteiger charge is 2.26. The van der Waals surface area contributed by atoms with Crippen LogP contribution in [0.15, 0.2) is 51.7 Å². The number of furan rings is 1. The molecule has 1 aromatic carbocycles. The van der Waals surface area contributed by atoms with Crippen LogP contribution in [-0.2, 0) is 11.3 Å². The first-order chi connectivity index (χ1) is 13.5. The van der Waals surface area contributed by atoms with E-state index in [2.05, 4.69) is 5.10 Å². The zero-order chi connectivity index (χ0) is 20.1. The van der Waals surface area contributed by atoms with E-state index in [4.69, 9.17) is 9.15 Å². The van der Waals surface area contributed by atoms with E-state index in [0.717, 1.165) is 23.2 Å². The summed E-state index contributed by atoms with van der Waals surface area (Å²) in [6.07, 6.45) is 0.791. The monoisotopic (exact) mass is 383 g/mol. The Bertz CT molecular complexity index is 975. The van der Waals surface area contributed by atoms with Crippen molar-refractivity contribution in [1.29, 1.82) is 0 Å². The molecule has 0 aliphatic heterocycles. The number of para-hydroxylation sites is 1. The van der Waals surface area contributed by atoms with Crippen LogP contribution >= 0.6 is 0 Å². The van der Waals surface area contributed by atoms with Crippen LogP contribution in [-0.4, -0.2) is 40.8 Å². The number of hydrogen-bond donors (Lipinski definition) is 0. The minimum absolute atomic E-state index is 0.229. The third-order valence-electron chi connectivity index (χ3n) is 4.64. The van der Waals surface area contributed by atoms with Crippen LogP contribution < -0.4 is 5.56 Å². The lowest BCUT2D eigenvalue weighted by Crippen LogP contribution is -2.36. The Balaban J connectivity index is 1.90. The van der Waals surface area contributed by atoms with Crippen molar-refractivity contribution in [1.82, 2.24) is 14.7 Å². The zero-order valence-corrected chi connectivity index (χ0v) is 16.4. The van der Waals surface area contributed by atoms with Gasteiger partial charge in [-0.3, -0.25) is 9.59 Å². The van der Waals surface area contributed by atoms with Crippen LogP contribution in [0.25, 0.3) is 11.0 Å². The molecular formula is C21H25N3O4. The third-order valence-corrected chi connectivity index (χ3v) is 4.64. The summed E-state index contributed by atoms with van der Waals surface area (Å²) in [4.78, 5) is 26.9. The number of carbonyl (C=O) groups excluding carboxylic acids is 1. The summed E-state index contributed by atoms with van der Waals surface area (Å²) >= 11 is 0. The van der Waals surface area contributed by atoms with Crippen molar-refractivity contribution in [3.8, 4) is 0 Å². The molecule has 0 aliphatic carbocycles. The fraction of sp³-hybridized carbons (Fsp3) is 0.381. The predicted octanol–water partition coefficient (Wildman–Crippen LogP) is 3.25. The van der Waals surface area contributed by atoms with E-state index in [1.165, 1.54) is 16.8 Å². The summed E-state index contributed by atoms with van der Waals surface area (Å²) in [7, 11) is 1.55. The summed E-state index contributed by atoms with van der Waals surface area (Å²) in [6.45, 7) is 5.14. The van der Waals surface area contributed by atoms with Gasteiger partial charge in [0.15, 0.2) is 0 Å². The second-order valence-corrected chi connectivity index (χ2v) is 6.63. The molecule has 0 saturated heterocycles. The number of aromatic nitrogens is 2. The molecule has 0 radical (unpaired) electrons. The maximum absolute atomic E-state index is 13.2. The van der Waals surface area contributed by atoms with E-state index in [0.29, 0.717) is 19.7 Å². The molecule has 2 heterocycles. The number of carbonyl (C=O) groups is 1. The molecule has 1 amide bonds. The molecule has 7 nitrogen and oxygen atoms in total. The maximum Gasteiger partial charge on any atom is 0.274 e. The molecule has 0 N–H and O–H groups in total. The first kappa shape index (κ1) is 19.8. The molecule has 1 unspecified atom stereocenters. The minimum Gasteiger partial charge on any atom is -0.459 e. The van der Waals surface area contributed by atoms with Crippen LogP contribution in [0.3, 0.4) is 0 Å². The number of fused-ring (bicyclic) bond motifs is 1. The Morgan fingerprint density at radius 3 is 2.79 bits per heavy atom. The number of methoxy groups -OCH3 is 1. The first-order valence-corrected chi connectivity index (χ1v) is 9.41. The molecule has 3 rings (SSSR count). The molecular weight excluding hydrogens is 358 g/mol. The van der Waals surface area contributed by atoms with Gasteiger partial charge in [-0.25, -0.2) is 4.68 Å². The SMILES string of the molecule is CCCN(C(=O)c1ccc(=O)n(CCOC)n1)C(C)c1cc2ccccc2o1. The number of hydrogen-bond acceptors (Lipinski definition) is 5. The minimum atomic E-state index is -0.263. The summed E-state index contributed by atoms with van der Waals surface area (Å²) in [6, 6.07) is 12.3. The van der Waals surface area contributed by atoms with Crippen LogP contribution in [0.2, 0.25) is 0 Å². The molecule has 0 aliphatic rings. The van der Waals surface area contributed by atoms with Crippen molar-refractivity contribution in [2.24, 2.45) is 0 Å². The van der Waals surface area contributed by atoms with E-state index >= 15 is 0 Å². The van der Waals surface area contributed by atoms with Crippen LogP contribution in [0.5, 0.6) is 0 Å². The molecule has 0 bridgehead atoms. The van der Waals surface area contributed by atoms with Gasteiger partial charge < -0.3 is 14.1 Å². The van der Waals surface area contributed by atoms with Gasteiger partial charge in [-0.05, 0) is 31.5 Å². The summed E-state index contributed by atoms with van der Waals surface area (Å²) in [5, 5.41) is 5.23. The van der Waals surface area contributed by atoms with Crippen molar-refractivity contribution in [3.63, 3.8) is 0 Å². The Kier molecular flexibility index (Phi) is 6.26. The highest BCUT2D eigenvalue weighted by atomic mass is 16.5. The zero-order valence-electron chi connectivity index (χ0n) is 16.4. The van der Waals surface area contributed by atoms with Gasteiger partial charge >= 0.3 is 0 Å². The van der Waals surface area contributed by atoms with Crippen LogP contribution in [0.4, 0.5) is 0 Å². The number of rotatable bonds is 8. The molecule has 2 aromatic heterocycles.